The van der Waals surface area contributed by atoms with E-state index in [0.717, 1.165) is 0 Å². The highest BCUT2D eigenvalue weighted by molar-refractivity contribution is 7.87. The predicted octanol–water partition coefficient (Wildman–Crippen LogP) is 0.527. The molecule has 2 bridgehead atoms. The molecular formula is C8H14O4S. The van der Waals surface area contributed by atoms with Gasteiger partial charge in [0.15, 0.2) is 0 Å². The Bertz CT molecular complexity index is 310. The maximum Gasteiger partial charge on any atom is 0.273 e. The molecule has 13 heavy (non-hydrogen) atoms. The molecule has 0 aromatic rings. The Morgan fingerprint density at radius 2 is 1.69 bits per heavy atom. The molecule has 0 amide bonds. The molecule has 0 aromatic carbocycles. The van der Waals surface area contributed by atoms with Gasteiger partial charge >= 0.3 is 0 Å². The molecule has 5 atom stereocenters. The molecular weight excluding hydrogens is 192 g/mol. The van der Waals surface area contributed by atoms with E-state index in [2.05, 4.69) is 0 Å². The Morgan fingerprint density at radius 3 is 2.31 bits per heavy atom. The van der Waals surface area contributed by atoms with Crippen LogP contribution in [-0.2, 0) is 19.0 Å². The molecule has 4 nitrogen and oxygen atoms in total. The van der Waals surface area contributed by atoms with Crippen molar-refractivity contribution in [2.24, 2.45) is 5.92 Å². The molecule has 5 heteroatoms. The van der Waals surface area contributed by atoms with Crippen LogP contribution in [-0.4, -0.2) is 32.0 Å². The Kier molecular flexibility index (Phi) is 1.94. The maximum atomic E-state index is 11.6. The van der Waals surface area contributed by atoms with Crippen molar-refractivity contribution in [3.63, 3.8) is 0 Å². The third-order valence-electron chi connectivity index (χ3n) is 2.95. The number of fused-ring (bicyclic) bond motifs is 2. The molecule has 0 spiro atoms. The second-order valence-electron chi connectivity index (χ2n) is 3.92. The summed E-state index contributed by atoms with van der Waals surface area (Å²) in [6.07, 6.45) is -0.653. The van der Waals surface area contributed by atoms with Crippen molar-refractivity contribution < 1.29 is 17.3 Å². The number of ether oxygens (including phenoxy) is 1. The zero-order valence-corrected chi connectivity index (χ0v) is 8.74. The van der Waals surface area contributed by atoms with Crippen LogP contribution < -0.4 is 0 Å². The summed E-state index contributed by atoms with van der Waals surface area (Å²) in [5.74, 6) is 0.0451. The van der Waals surface area contributed by atoms with Gasteiger partial charge in [0.1, 0.15) is 11.4 Å². The van der Waals surface area contributed by atoms with Crippen LogP contribution in [0.1, 0.15) is 20.8 Å². The molecule has 2 fully saturated rings. The quantitative estimate of drug-likeness (QED) is 0.542. The predicted molar refractivity (Wildman–Crippen MR) is 46.8 cm³/mol. The van der Waals surface area contributed by atoms with Crippen LogP contribution in [0.15, 0.2) is 0 Å². The molecule has 0 aliphatic carbocycles. The fourth-order valence-corrected chi connectivity index (χ4v) is 4.31. The fourth-order valence-electron chi connectivity index (χ4n) is 2.43. The SMILES string of the molecule is CC1OS(=O)(=O)C2C(C)OC1C2C. The zero-order chi connectivity index (χ0) is 9.80. The van der Waals surface area contributed by atoms with Crippen molar-refractivity contribution in [2.75, 3.05) is 0 Å². The van der Waals surface area contributed by atoms with Gasteiger partial charge in [0.05, 0.1) is 12.2 Å². The molecule has 0 saturated carbocycles. The van der Waals surface area contributed by atoms with E-state index in [9.17, 15) is 8.42 Å². The van der Waals surface area contributed by atoms with Crippen molar-refractivity contribution >= 4 is 10.1 Å². The van der Waals surface area contributed by atoms with Gasteiger partial charge in [-0.3, -0.25) is 4.18 Å². The molecule has 5 unspecified atom stereocenters. The Balaban J connectivity index is 2.42. The smallest absolute Gasteiger partial charge is 0.273 e. The van der Waals surface area contributed by atoms with E-state index < -0.39 is 15.4 Å². The second kappa shape index (κ2) is 2.68. The average molecular weight is 206 g/mol. The first-order valence-electron chi connectivity index (χ1n) is 4.51. The van der Waals surface area contributed by atoms with Crippen molar-refractivity contribution in [3.8, 4) is 0 Å². The van der Waals surface area contributed by atoms with Crippen molar-refractivity contribution in [1.82, 2.24) is 0 Å². The third-order valence-corrected chi connectivity index (χ3v) is 5.00. The normalized spacial score (nSPS) is 53.6. The van der Waals surface area contributed by atoms with Crippen LogP contribution in [0.3, 0.4) is 0 Å². The van der Waals surface area contributed by atoms with E-state index in [-0.39, 0.29) is 24.2 Å². The van der Waals surface area contributed by atoms with Gasteiger partial charge in [-0.15, -0.1) is 0 Å². The lowest BCUT2D eigenvalue weighted by molar-refractivity contribution is -0.0151. The van der Waals surface area contributed by atoms with Crippen molar-refractivity contribution in [2.45, 2.75) is 44.3 Å². The summed E-state index contributed by atoms with van der Waals surface area (Å²) < 4.78 is 33.6. The van der Waals surface area contributed by atoms with Gasteiger partial charge < -0.3 is 4.74 Å². The summed E-state index contributed by atoms with van der Waals surface area (Å²) >= 11 is 0. The van der Waals surface area contributed by atoms with Crippen LogP contribution >= 0.6 is 0 Å². The lowest BCUT2D eigenvalue weighted by Crippen LogP contribution is -2.44. The summed E-state index contributed by atoms with van der Waals surface area (Å²) in [5.41, 5.74) is 0. The fraction of sp³-hybridized carbons (Fsp3) is 1.00. The number of hydrogen-bond donors (Lipinski definition) is 0. The standard InChI is InChI=1S/C8H14O4S/c1-4-7-5(2)12-13(9,10)8(4)6(3)11-7/h4-8H,1-3H3. The first-order valence-corrected chi connectivity index (χ1v) is 5.98. The van der Waals surface area contributed by atoms with Gasteiger partial charge in [0, 0.05) is 5.92 Å². The number of hydrogen-bond acceptors (Lipinski definition) is 4. The molecule has 2 aliphatic heterocycles. The minimum absolute atomic E-state index is 0.0451. The van der Waals surface area contributed by atoms with Crippen LogP contribution in [0.2, 0.25) is 0 Å². The molecule has 76 valence electrons. The van der Waals surface area contributed by atoms with Gasteiger partial charge in [-0.2, -0.15) is 8.42 Å². The van der Waals surface area contributed by atoms with E-state index in [4.69, 9.17) is 8.92 Å². The van der Waals surface area contributed by atoms with E-state index in [1.54, 1.807) is 13.8 Å². The summed E-state index contributed by atoms with van der Waals surface area (Å²) in [5, 5.41) is -0.478. The van der Waals surface area contributed by atoms with E-state index in [1.165, 1.54) is 0 Å². The first kappa shape index (κ1) is 9.43. The topological polar surface area (TPSA) is 52.6 Å². The molecule has 2 aliphatic rings. The Hall–Kier alpha value is -0.130. The van der Waals surface area contributed by atoms with Gasteiger partial charge in [-0.1, -0.05) is 6.92 Å². The zero-order valence-electron chi connectivity index (χ0n) is 7.93. The monoisotopic (exact) mass is 206 g/mol. The van der Waals surface area contributed by atoms with E-state index in [1.807, 2.05) is 6.92 Å². The molecule has 2 rings (SSSR count). The molecule has 2 saturated heterocycles. The van der Waals surface area contributed by atoms with Gasteiger partial charge in [0.25, 0.3) is 10.1 Å². The largest absolute Gasteiger partial charge is 0.371 e. The van der Waals surface area contributed by atoms with Crippen LogP contribution in [0, 0.1) is 5.92 Å². The van der Waals surface area contributed by atoms with Gasteiger partial charge in [0.2, 0.25) is 0 Å². The highest BCUT2D eigenvalue weighted by Crippen LogP contribution is 2.39. The van der Waals surface area contributed by atoms with Crippen molar-refractivity contribution in [3.05, 3.63) is 0 Å². The lowest BCUT2D eigenvalue weighted by atomic mass is 9.98. The molecule has 0 N–H and O–H groups in total. The first-order chi connectivity index (χ1) is 5.93. The third kappa shape index (κ3) is 1.21. The van der Waals surface area contributed by atoms with Crippen LogP contribution in [0.4, 0.5) is 0 Å². The van der Waals surface area contributed by atoms with E-state index >= 15 is 0 Å². The minimum atomic E-state index is -3.40. The number of rotatable bonds is 0. The highest BCUT2D eigenvalue weighted by atomic mass is 32.2. The van der Waals surface area contributed by atoms with Crippen LogP contribution in [0.25, 0.3) is 0 Å². The lowest BCUT2D eigenvalue weighted by Gasteiger charge is -2.29. The summed E-state index contributed by atoms with van der Waals surface area (Å²) in [6.45, 7) is 5.45. The summed E-state index contributed by atoms with van der Waals surface area (Å²) in [6, 6.07) is 0. The summed E-state index contributed by atoms with van der Waals surface area (Å²) in [7, 11) is -3.40. The summed E-state index contributed by atoms with van der Waals surface area (Å²) in [4.78, 5) is 0. The van der Waals surface area contributed by atoms with Crippen molar-refractivity contribution in [1.29, 1.82) is 0 Å². The van der Waals surface area contributed by atoms with Gasteiger partial charge in [-0.05, 0) is 13.8 Å². The van der Waals surface area contributed by atoms with Gasteiger partial charge in [-0.25, -0.2) is 0 Å². The maximum absolute atomic E-state index is 11.6. The average Bonchev–Trinajstić information content (AvgIpc) is 2.19. The molecule has 0 radical (unpaired) electrons. The molecule has 2 heterocycles. The Morgan fingerprint density at radius 1 is 1.08 bits per heavy atom. The molecule has 0 aromatic heterocycles. The Labute approximate surface area is 78.3 Å². The second-order valence-corrected chi connectivity index (χ2v) is 5.65. The minimum Gasteiger partial charge on any atom is -0.371 e. The van der Waals surface area contributed by atoms with Crippen LogP contribution in [0.5, 0.6) is 0 Å². The van der Waals surface area contributed by atoms with E-state index in [0.29, 0.717) is 0 Å². The highest BCUT2D eigenvalue weighted by Gasteiger charge is 2.54.